The normalized spacial score (nSPS) is 10.3. The summed E-state index contributed by atoms with van der Waals surface area (Å²) in [6, 6.07) is 4.68. The zero-order chi connectivity index (χ0) is 13.1. The van der Waals surface area contributed by atoms with Crippen molar-refractivity contribution in [1.82, 2.24) is 10.1 Å². The van der Waals surface area contributed by atoms with Gasteiger partial charge in [0.15, 0.2) is 5.82 Å². The summed E-state index contributed by atoms with van der Waals surface area (Å²) in [5.74, 6) is -0.0821. The molecule has 0 amide bonds. The van der Waals surface area contributed by atoms with E-state index in [1.54, 1.807) is 13.0 Å². The lowest BCUT2D eigenvalue weighted by Crippen LogP contribution is -2.05. The van der Waals surface area contributed by atoms with Crippen LogP contribution in [0.4, 0.5) is 11.4 Å². The number of aryl methyl sites for hydroxylation is 1. The lowest BCUT2D eigenvalue weighted by molar-refractivity contribution is 0.0698. The highest BCUT2D eigenvalue weighted by molar-refractivity contribution is 5.94. The standard InChI is InChI=1S/C11H12N4O3/c1-6-14-10(18-15-6)5-13-7-2-3-9(12)8(4-7)11(16)17/h2-4,13H,5,12H2,1H3,(H,16,17). The number of aromatic carboxylic acids is 1. The van der Waals surface area contributed by atoms with Gasteiger partial charge in [-0.15, -0.1) is 0 Å². The molecule has 0 atom stereocenters. The van der Waals surface area contributed by atoms with Crippen molar-refractivity contribution in [3.8, 4) is 0 Å². The number of carbonyl (C=O) groups is 1. The summed E-state index contributed by atoms with van der Waals surface area (Å²) in [4.78, 5) is 14.9. The average Bonchev–Trinajstić information content (AvgIpc) is 2.74. The number of nitrogen functional groups attached to an aromatic ring is 1. The lowest BCUT2D eigenvalue weighted by atomic mass is 10.1. The molecule has 0 aliphatic heterocycles. The number of nitrogens with two attached hydrogens (primary N) is 1. The summed E-state index contributed by atoms with van der Waals surface area (Å²) in [5, 5.41) is 15.6. The van der Waals surface area contributed by atoms with Crippen molar-refractivity contribution in [3.05, 3.63) is 35.5 Å². The van der Waals surface area contributed by atoms with Gasteiger partial charge in [-0.25, -0.2) is 4.79 Å². The molecule has 2 rings (SSSR count). The molecule has 0 spiro atoms. The lowest BCUT2D eigenvalue weighted by Gasteiger charge is -2.06. The maximum absolute atomic E-state index is 10.9. The number of aromatic nitrogens is 2. The van der Waals surface area contributed by atoms with Crippen LogP contribution in [0.15, 0.2) is 22.7 Å². The minimum absolute atomic E-state index is 0.0571. The molecule has 0 saturated heterocycles. The van der Waals surface area contributed by atoms with Crippen molar-refractivity contribution in [2.24, 2.45) is 0 Å². The predicted molar refractivity (Wildman–Crippen MR) is 64.2 cm³/mol. The number of hydrogen-bond donors (Lipinski definition) is 3. The van der Waals surface area contributed by atoms with Gasteiger partial charge in [0, 0.05) is 11.4 Å². The molecular formula is C11H12N4O3. The number of rotatable bonds is 4. The predicted octanol–water partition coefficient (Wildman–Crippen LogP) is 1.27. The van der Waals surface area contributed by atoms with E-state index in [1.165, 1.54) is 12.1 Å². The molecule has 18 heavy (non-hydrogen) atoms. The smallest absolute Gasteiger partial charge is 0.337 e. The highest BCUT2D eigenvalue weighted by atomic mass is 16.5. The average molecular weight is 248 g/mol. The summed E-state index contributed by atoms with van der Waals surface area (Å²) in [6.07, 6.45) is 0. The Hall–Kier alpha value is -2.57. The Labute approximate surface area is 103 Å². The third kappa shape index (κ3) is 2.57. The zero-order valence-electron chi connectivity index (χ0n) is 9.67. The minimum Gasteiger partial charge on any atom is -0.478 e. The van der Waals surface area contributed by atoms with E-state index in [9.17, 15) is 4.79 Å². The van der Waals surface area contributed by atoms with E-state index >= 15 is 0 Å². The van der Waals surface area contributed by atoms with Crippen molar-refractivity contribution < 1.29 is 14.4 Å². The summed E-state index contributed by atoms with van der Waals surface area (Å²) >= 11 is 0. The first-order valence-corrected chi connectivity index (χ1v) is 5.22. The number of benzene rings is 1. The van der Waals surface area contributed by atoms with Crippen LogP contribution >= 0.6 is 0 Å². The molecule has 2 aromatic rings. The van der Waals surface area contributed by atoms with Gasteiger partial charge >= 0.3 is 5.97 Å². The second-order valence-corrected chi connectivity index (χ2v) is 3.70. The van der Waals surface area contributed by atoms with Gasteiger partial charge in [0.25, 0.3) is 0 Å². The highest BCUT2D eigenvalue weighted by Crippen LogP contribution is 2.18. The fraction of sp³-hybridized carbons (Fsp3) is 0.182. The Kier molecular flexibility index (Phi) is 3.13. The second-order valence-electron chi connectivity index (χ2n) is 3.70. The summed E-state index contributed by atoms with van der Waals surface area (Å²) in [6.45, 7) is 2.04. The fourth-order valence-electron chi connectivity index (χ4n) is 1.44. The van der Waals surface area contributed by atoms with E-state index in [2.05, 4.69) is 15.5 Å². The molecule has 7 heteroatoms. The maximum atomic E-state index is 10.9. The molecule has 94 valence electrons. The molecule has 0 aliphatic carbocycles. The first kappa shape index (κ1) is 11.9. The van der Waals surface area contributed by atoms with E-state index in [0.717, 1.165) is 0 Å². The Balaban J connectivity index is 2.10. The Morgan fingerprint density at radius 3 is 2.94 bits per heavy atom. The van der Waals surface area contributed by atoms with Crippen LogP contribution in [0.2, 0.25) is 0 Å². The topological polar surface area (TPSA) is 114 Å². The molecule has 1 aromatic heterocycles. The largest absolute Gasteiger partial charge is 0.478 e. The van der Waals surface area contributed by atoms with E-state index in [1.807, 2.05) is 0 Å². The number of nitrogens with zero attached hydrogens (tertiary/aromatic N) is 2. The maximum Gasteiger partial charge on any atom is 0.337 e. The Bertz CT molecular complexity index is 579. The highest BCUT2D eigenvalue weighted by Gasteiger charge is 2.09. The Morgan fingerprint density at radius 2 is 2.33 bits per heavy atom. The number of anilines is 2. The summed E-state index contributed by atoms with van der Waals surface area (Å²) < 4.78 is 4.92. The van der Waals surface area contributed by atoms with Crippen molar-refractivity contribution in [3.63, 3.8) is 0 Å². The molecular weight excluding hydrogens is 236 g/mol. The van der Waals surface area contributed by atoms with Crippen LogP contribution in [0.3, 0.4) is 0 Å². The van der Waals surface area contributed by atoms with Gasteiger partial charge in [0.1, 0.15) is 0 Å². The van der Waals surface area contributed by atoms with E-state index in [-0.39, 0.29) is 11.3 Å². The van der Waals surface area contributed by atoms with Crippen molar-refractivity contribution in [2.45, 2.75) is 13.5 Å². The molecule has 0 unspecified atom stereocenters. The van der Waals surface area contributed by atoms with Gasteiger partial charge in [-0.3, -0.25) is 0 Å². The number of hydrogen-bond acceptors (Lipinski definition) is 6. The number of carboxylic acids is 1. The first-order valence-electron chi connectivity index (χ1n) is 5.22. The van der Waals surface area contributed by atoms with Crippen LogP contribution < -0.4 is 11.1 Å². The van der Waals surface area contributed by atoms with E-state index < -0.39 is 5.97 Å². The molecule has 0 aliphatic rings. The van der Waals surface area contributed by atoms with E-state index in [4.69, 9.17) is 15.4 Å². The van der Waals surface area contributed by atoms with Gasteiger partial charge in [-0.1, -0.05) is 5.16 Å². The number of nitrogens with one attached hydrogen (secondary N) is 1. The van der Waals surface area contributed by atoms with E-state index in [0.29, 0.717) is 23.9 Å². The summed E-state index contributed by atoms with van der Waals surface area (Å²) in [7, 11) is 0. The van der Waals surface area contributed by atoms with Gasteiger partial charge in [0.05, 0.1) is 12.1 Å². The van der Waals surface area contributed by atoms with Crippen LogP contribution in [0.1, 0.15) is 22.1 Å². The van der Waals surface area contributed by atoms with Gasteiger partial charge in [-0.05, 0) is 25.1 Å². The fourth-order valence-corrected chi connectivity index (χ4v) is 1.44. The van der Waals surface area contributed by atoms with Crippen LogP contribution in [-0.2, 0) is 6.54 Å². The van der Waals surface area contributed by atoms with Crippen molar-refractivity contribution in [2.75, 3.05) is 11.1 Å². The molecule has 0 fully saturated rings. The molecule has 4 N–H and O–H groups in total. The van der Waals surface area contributed by atoms with Gasteiger partial charge < -0.3 is 20.7 Å². The molecule has 7 nitrogen and oxygen atoms in total. The van der Waals surface area contributed by atoms with Crippen LogP contribution in [0.5, 0.6) is 0 Å². The third-order valence-corrected chi connectivity index (χ3v) is 2.30. The summed E-state index contributed by atoms with van der Waals surface area (Å²) in [5.41, 5.74) is 6.46. The van der Waals surface area contributed by atoms with Crippen LogP contribution in [0.25, 0.3) is 0 Å². The monoisotopic (exact) mass is 248 g/mol. The van der Waals surface area contributed by atoms with Gasteiger partial charge in [0.2, 0.25) is 5.89 Å². The van der Waals surface area contributed by atoms with Crippen molar-refractivity contribution >= 4 is 17.3 Å². The molecule has 0 bridgehead atoms. The molecule has 1 heterocycles. The molecule has 0 radical (unpaired) electrons. The second kappa shape index (κ2) is 4.74. The van der Waals surface area contributed by atoms with Gasteiger partial charge in [-0.2, -0.15) is 4.98 Å². The minimum atomic E-state index is -1.07. The molecule has 0 saturated carbocycles. The number of carboxylic acid groups (broad SMARTS) is 1. The quantitative estimate of drug-likeness (QED) is 0.698. The van der Waals surface area contributed by atoms with Crippen molar-refractivity contribution in [1.29, 1.82) is 0 Å². The SMILES string of the molecule is Cc1noc(CNc2ccc(N)c(C(=O)O)c2)n1. The zero-order valence-corrected chi connectivity index (χ0v) is 9.67. The van der Waals surface area contributed by atoms with Crippen LogP contribution in [0, 0.1) is 6.92 Å². The first-order chi connectivity index (χ1) is 8.56. The van der Waals surface area contributed by atoms with Crippen LogP contribution in [-0.4, -0.2) is 21.2 Å². The Morgan fingerprint density at radius 1 is 1.56 bits per heavy atom. The molecule has 1 aromatic carbocycles. The third-order valence-electron chi connectivity index (χ3n) is 2.30.